The molecule has 1 saturated carbocycles. The molecule has 142 valence electrons. The van der Waals surface area contributed by atoms with Crippen LogP contribution in [0.4, 0.5) is 4.39 Å². The highest BCUT2D eigenvalue weighted by atomic mass is 127. The summed E-state index contributed by atoms with van der Waals surface area (Å²) in [6.07, 6.45) is 5.45. The number of halogens is 3. The fraction of sp³-hybridized carbons (Fsp3) is 0.556. The van der Waals surface area contributed by atoms with Crippen molar-refractivity contribution in [1.82, 2.24) is 5.32 Å². The fourth-order valence-corrected chi connectivity index (χ4v) is 5.05. The molecule has 1 heterocycles. The van der Waals surface area contributed by atoms with E-state index in [1.165, 1.54) is 12.4 Å². The second-order valence-electron chi connectivity index (χ2n) is 6.87. The van der Waals surface area contributed by atoms with Gasteiger partial charge >= 0.3 is 0 Å². The number of aliphatic hydroxyl groups is 1. The van der Waals surface area contributed by atoms with Crippen molar-refractivity contribution in [1.29, 1.82) is 0 Å². The van der Waals surface area contributed by atoms with E-state index >= 15 is 0 Å². The zero-order valence-electron chi connectivity index (χ0n) is 14.1. The number of hydrogen-bond acceptors (Lipinski definition) is 5. The molecule has 2 aliphatic rings. The molecule has 1 fully saturated rings. The third-order valence-electron chi connectivity index (χ3n) is 5.34. The molecule has 1 aromatic carbocycles. The van der Waals surface area contributed by atoms with Crippen molar-refractivity contribution in [3.63, 3.8) is 0 Å². The first kappa shape index (κ1) is 19.8. The van der Waals surface area contributed by atoms with Gasteiger partial charge < -0.3 is 15.2 Å². The molecule has 0 spiro atoms. The molecule has 8 heteroatoms. The molecule has 3 atom stereocenters. The Balaban J connectivity index is 2.08. The predicted octanol–water partition coefficient (Wildman–Crippen LogP) is 3.81. The van der Waals surface area contributed by atoms with Crippen LogP contribution in [0.5, 0.6) is 0 Å². The molecule has 1 aliphatic carbocycles. The Hall–Kier alpha value is -0.930. The molecule has 1 aliphatic heterocycles. The van der Waals surface area contributed by atoms with Crippen LogP contribution >= 0.6 is 34.2 Å². The summed E-state index contributed by atoms with van der Waals surface area (Å²) in [5.41, 5.74) is -1.18. The summed E-state index contributed by atoms with van der Waals surface area (Å²) in [6.45, 7) is 0.446. The summed E-state index contributed by atoms with van der Waals surface area (Å²) in [4.78, 5) is 15.4. The Bertz CT molecular complexity index is 689. The van der Waals surface area contributed by atoms with Gasteiger partial charge in [0.2, 0.25) is 0 Å². The van der Waals surface area contributed by atoms with Crippen LogP contribution in [-0.2, 0) is 9.53 Å². The monoisotopic (exact) mass is 494 g/mol. The Morgan fingerprint density at radius 3 is 2.77 bits per heavy atom. The lowest BCUT2D eigenvalue weighted by Gasteiger charge is -2.43. The number of aliphatic imine (C=N–C) groups is 1. The summed E-state index contributed by atoms with van der Waals surface area (Å²) in [5.74, 6) is -1.09. The first-order chi connectivity index (χ1) is 12.5. The van der Waals surface area contributed by atoms with Crippen LogP contribution in [0.3, 0.4) is 0 Å². The van der Waals surface area contributed by atoms with Crippen molar-refractivity contribution < 1.29 is 19.0 Å². The van der Waals surface area contributed by atoms with Crippen LogP contribution in [-0.4, -0.2) is 30.2 Å². The van der Waals surface area contributed by atoms with Gasteiger partial charge in [-0.3, -0.25) is 9.79 Å². The van der Waals surface area contributed by atoms with Gasteiger partial charge in [-0.15, -0.1) is 0 Å². The maximum absolute atomic E-state index is 14.9. The first-order valence-electron chi connectivity index (χ1n) is 8.69. The van der Waals surface area contributed by atoms with Gasteiger partial charge in [0.1, 0.15) is 11.9 Å². The van der Waals surface area contributed by atoms with Gasteiger partial charge in [0.25, 0.3) is 6.47 Å². The van der Waals surface area contributed by atoms with Gasteiger partial charge in [0.15, 0.2) is 5.72 Å². The lowest BCUT2D eigenvalue weighted by atomic mass is 9.71. The molecular weight excluding hydrogens is 474 g/mol. The van der Waals surface area contributed by atoms with Crippen LogP contribution < -0.4 is 5.32 Å². The van der Waals surface area contributed by atoms with Crippen LogP contribution in [0.25, 0.3) is 0 Å². The van der Waals surface area contributed by atoms with Crippen molar-refractivity contribution >= 4 is 47.0 Å². The van der Waals surface area contributed by atoms with Crippen molar-refractivity contribution in [2.75, 3.05) is 6.54 Å². The number of nitrogens with zero attached hydrogens (tertiary/aromatic N) is 1. The summed E-state index contributed by atoms with van der Waals surface area (Å²) in [6, 6.07) is 3.16. The quantitative estimate of drug-likeness (QED) is 0.358. The Kier molecular flexibility index (Phi) is 6.40. The minimum Gasteiger partial charge on any atom is -0.459 e. The molecule has 0 amide bonds. The predicted molar refractivity (Wildman–Crippen MR) is 106 cm³/mol. The van der Waals surface area contributed by atoms with Crippen molar-refractivity contribution in [3.8, 4) is 0 Å². The van der Waals surface area contributed by atoms with E-state index < -0.39 is 23.6 Å². The third-order valence-corrected chi connectivity index (χ3v) is 6.57. The van der Waals surface area contributed by atoms with Crippen molar-refractivity contribution in [3.05, 3.63) is 32.1 Å². The van der Waals surface area contributed by atoms with Gasteiger partial charge in [-0.05, 0) is 53.5 Å². The summed E-state index contributed by atoms with van der Waals surface area (Å²) >= 11 is 7.99. The minimum atomic E-state index is -1.40. The molecule has 0 aromatic heterocycles. The van der Waals surface area contributed by atoms with Gasteiger partial charge in [-0.1, -0.05) is 30.9 Å². The molecule has 5 nitrogen and oxygen atoms in total. The molecule has 0 bridgehead atoms. The summed E-state index contributed by atoms with van der Waals surface area (Å²) < 4.78 is 20.9. The number of rotatable bonds is 6. The topological polar surface area (TPSA) is 70.9 Å². The van der Waals surface area contributed by atoms with E-state index in [-0.39, 0.29) is 23.0 Å². The zero-order valence-corrected chi connectivity index (χ0v) is 17.0. The van der Waals surface area contributed by atoms with Crippen LogP contribution in [0, 0.1) is 21.2 Å². The Labute approximate surface area is 170 Å². The number of benzene rings is 1. The number of carbonyl (C=O) groups is 1. The van der Waals surface area contributed by atoms with E-state index in [1.807, 2.05) is 22.6 Å². The summed E-state index contributed by atoms with van der Waals surface area (Å²) in [7, 11) is 0. The number of ether oxygens (including phenoxy) is 1. The maximum atomic E-state index is 14.9. The van der Waals surface area contributed by atoms with Gasteiger partial charge in [0.05, 0.1) is 23.8 Å². The normalized spacial score (nSPS) is 25.5. The fourth-order valence-electron chi connectivity index (χ4n) is 4.17. The smallest absolute Gasteiger partial charge is 0.293 e. The number of nitrogens with one attached hydrogen (secondary N) is 1. The standard InChI is InChI=1S/C18H21ClFIN2O3/c19-12-6-7-13(21)14(16(12)20)17(26-10-24)15(11-4-2-1-3-5-11)18(25)8-22-9-23-18/h6-7,9-11,15,17,25H,1-5,8H2,(H,22,23). The SMILES string of the molecule is O=COC(c1c(I)ccc(Cl)c1F)C(C1CCCCC1)C1(O)CN=CN1. The molecular formula is C18H21ClFIN2O3. The molecule has 0 radical (unpaired) electrons. The molecule has 1 aromatic rings. The summed E-state index contributed by atoms with van der Waals surface area (Å²) in [5, 5.41) is 14.1. The highest BCUT2D eigenvalue weighted by Gasteiger charge is 2.50. The minimum absolute atomic E-state index is 0.0371. The van der Waals surface area contributed by atoms with Gasteiger partial charge in [-0.2, -0.15) is 0 Å². The van der Waals surface area contributed by atoms with Crippen molar-refractivity contribution in [2.24, 2.45) is 16.8 Å². The average molecular weight is 495 g/mol. The zero-order chi connectivity index (χ0) is 18.7. The number of hydrogen-bond donors (Lipinski definition) is 2. The third kappa shape index (κ3) is 3.84. The Morgan fingerprint density at radius 1 is 1.42 bits per heavy atom. The maximum Gasteiger partial charge on any atom is 0.293 e. The van der Waals surface area contributed by atoms with E-state index in [0.29, 0.717) is 10.0 Å². The van der Waals surface area contributed by atoms with E-state index in [1.54, 1.807) is 6.07 Å². The lowest BCUT2D eigenvalue weighted by Crippen LogP contribution is -2.55. The lowest BCUT2D eigenvalue weighted by molar-refractivity contribution is -0.152. The largest absolute Gasteiger partial charge is 0.459 e. The van der Waals surface area contributed by atoms with Gasteiger partial charge in [-0.25, -0.2) is 4.39 Å². The van der Waals surface area contributed by atoms with Crippen molar-refractivity contribution in [2.45, 2.75) is 43.9 Å². The highest BCUT2D eigenvalue weighted by molar-refractivity contribution is 14.1. The molecule has 3 rings (SSSR count). The van der Waals surface area contributed by atoms with E-state index in [2.05, 4.69) is 10.3 Å². The van der Waals surface area contributed by atoms with Gasteiger partial charge in [0, 0.05) is 9.13 Å². The molecule has 0 saturated heterocycles. The molecule has 2 N–H and O–H groups in total. The second-order valence-corrected chi connectivity index (χ2v) is 8.44. The average Bonchev–Trinajstić information content (AvgIpc) is 3.07. The van der Waals surface area contributed by atoms with Crippen LogP contribution in [0.1, 0.15) is 43.8 Å². The van der Waals surface area contributed by atoms with Crippen LogP contribution in [0.2, 0.25) is 5.02 Å². The number of carbonyl (C=O) groups excluding carboxylic acids is 1. The van der Waals surface area contributed by atoms with Crippen LogP contribution in [0.15, 0.2) is 17.1 Å². The highest BCUT2D eigenvalue weighted by Crippen LogP contribution is 2.46. The van der Waals surface area contributed by atoms with E-state index in [4.69, 9.17) is 16.3 Å². The van der Waals surface area contributed by atoms with E-state index in [0.717, 1.165) is 32.1 Å². The second kappa shape index (κ2) is 8.39. The molecule has 3 unspecified atom stereocenters. The molecule has 26 heavy (non-hydrogen) atoms. The first-order valence-corrected chi connectivity index (χ1v) is 10.1. The van der Waals surface area contributed by atoms with E-state index in [9.17, 15) is 14.3 Å². The Morgan fingerprint density at radius 2 is 2.15 bits per heavy atom.